The van der Waals surface area contributed by atoms with E-state index in [1.54, 1.807) is 34.6 Å². The summed E-state index contributed by atoms with van der Waals surface area (Å²) in [6, 6.07) is 0. The maximum absolute atomic E-state index is 12.4. The third-order valence-electron chi connectivity index (χ3n) is 4.31. The van der Waals surface area contributed by atoms with E-state index >= 15 is 0 Å². The number of nitrogens with zero attached hydrogens (tertiary/aromatic N) is 1. The third-order valence-corrected chi connectivity index (χ3v) is 4.87. The predicted octanol–water partition coefficient (Wildman–Crippen LogP) is 1.37. The molecule has 23 heavy (non-hydrogen) atoms. The van der Waals surface area contributed by atoms with Crippen LogP contribution < -0.4 is 10.2 Å². The van der Waals surface area contributed by atoms with Crippen molar-refractivity contribution in [3.63, 3.8) is 0 Å². The van der Waals surface area contributed by atoms with Crippen LogP contribution in [0.1, 0.15) is 11.8 Å². The first-order chi connectivity index (χ1) is 11.0. The second kappa shape index (κ2) is 7.31. The van der Waals surface area contributed by atoms with Crippen molar-refractivity contribution in [1.29, 1.82) is 0 Å². The first-order valence-corrected chi connectivity index (χ1v) is 7.86. The summed E-state index contributed by atoms with van der Waals surface area (Å²) >= 11 is 3.28. The van der Waals surface area contributed by atoms with Gasteiger partial charge in [0.05, 0.1) is 30.4 Å². The van der Waals surface area contributed by atoms with Crippen molar-refractivity contribution in [2.75, 3.05) is 42.2 Å². The molecule has 2 rings (SSSR count). The second-order valence-electron chi connectivity index (χ2n) is 5.31. The minimum atomic E-state index is -0.897. The highest BCUT2D eigenvalue weighted by atomic mass is 79.9. The molecule has 130 valence electrons. The van der Waals surface area contributed by atoms with E-state index in [1.165, 1.54) is 7.11 Å². The first-order valence-electron chi connectivity index (χ1n) is 7.07. The number of aromatic nitrogens is 1. The summed E-state index contributed by atoms with van der Waals surface area (Å²) in [5, 5.41) is 0. The van der Waals surface area contributed by atoms with Crippen molar-refractivity contribution in [3.8, 4) is 5.75 Å². The van der Waals surface area contributed by atoms with Crippen LogP contribution in [0.25, 0.3) is 0 Å². The lowest BCUT2D eigenvalue weighted by molar-refractivity contribution is -0.222. The molecule has 0 aliphatic carbocycles. The van der Waals surface area contributed by atoms with Gasteiger partial charge >= 0.3 is 0 Å². The van der Waals surface area contributed by atoms with Gasteiger partial charge in [0.2, 0.25) is 5.43 Å². The summed E-state index contributed by atoms with van der Waals surface area (Å²) in [5.74, 6) is 0.221. The van der Waals surface area contributed by atoms with Crippen LogP contribution in [0.3, 0.4) is 0 Å². The molecule has 1 aromatic heterocycles. The minimum Gasteiger partial charge on any atom is -0.491 e. The molecule has 0 spiro atoms. The Balaban J connectivity index is 2.75. The van der Waals surface area contributed by atoms with Crippen LogP contribution in [0, 0.1) is 0 Å². The molecule has 3 unspecified atom stereocenters. The minimum absolute atomic E-state index is 0.221. The van der Waals surface area contributed by atoms with Crippen molar-refractivity contribution in [2.45, 2.75) is 24.4 Å². The van der Waals surface area contributed by atoms with Gasteiger partial charge in [-0.15, -0.1) is 0 Å². The van der Waals surface area contributed by atoms with Gasteiger partial charge in [0.25, 0.3) is 0 Å². The molecule has 2 heterocycles. The Bertz CT molecular complexity index is 619. The van der Waals surface area contributed by atoms with Crippen molar-refractivity contribution < 1.29 is 23.7 Å². The quantitative estimate of drug-likeness (QED) is 0.729. The van der Waals surface area contributed by atoms with Crippen LogP contribution >= 0.6 is 15.9 Å². The number of ether oxygens (including phenoxy) is 5. The van der Waals surface area contributed by atoms with Crippen LogP contribution in [-0.2, 0) is 25.5 Å². The van der Waals surface area contributed by atoms with Gasteiger partial charge in [-0.2, -0.15) is 0 Å². The van der Waals surface area contributed by atoms with Crippen molar-refractivity contribution >= 4 is 15.9 Å². The van der Waals surface area contributed by atoms with E-state index in [-0.39, 0.29) is 23.9 Å². The number of rotatable bonds is 6. The molecule has 0 radical (unpaired) electrons. The van der Waals surface area contributed by atoms with E-state index in [4.69, 9.17) is 23.7 Å². The van der Waals surface area contributed by atoms with Crippen LogP contribution in [0.4, 0.5) is 0 Å². The van der Waals surface area contributed by atoms with Gasteiger partial charge in [-0.3, -0.25) is 4.79 Å². The standard InChI is InChI=1S/C15H22BrNO6/c1-19-8-15(23-5)10(20-2)7-17-6-9(16)12(18)13(21-3)11(17)14(15)22-4/h6,10,14H,7-8H2,1-5H3. The molecule has 0 bridgehead atoms. The molecule has 0 saturated carbocycles. The highest BCUT2D eigenvalue weighted by Crippen LogP contribution is 2.43. The van der Waals surface area contributed by atoms with E-state index in [9.17, 15) is 4.79 Å². The molecular weight excluding hydrogens is 370 g/mol. The monoisotopic (exact) mass is 391 g/mol. The molecule has 0 amide bonds. The van der Waals surface area contributed by atoms with Crippen molar-refractivity contribution in [2.24, 2.45) is 0 Å². The predicted molar refractivity (Wildman–Crippen MR) is 87.1 cm³/mol. The number of hydrogen-bond acceptors (Lipinski definition) is 6. The molecule has 1 aliphatic rings. The third kappa shape index (κ3) is 2.83. The van der Waals surface area contributed by atoms with Crippen LogP contribution in [-0.4, -0.2) is 58.4 Å². The zero-order valence-electron chi connectivity index (χ0n) is 13.9. The molecule has 1 aliphatic heterocycles. The number of methoxy groups -OCH3 is 5. The first kappa shape index (κ1) is 18.4. The average molecular weight is 392 g/mol. The Morgan fingerprint density at radius 1 is 1.26 bits per heavy atom. The lowest BCUT2D eigenvalue weighted by Crippen LogP contribution is -2.59. The molecule has 0 saturated heterocycles. The fourth-order valence-corrected chi connectivity index (χ4v) is 3.68. The van der Waals surface area contributed by atoms with Gasteiger partial charge in [-0.1, -0.05) is 0 Å². The Morgan fingerprint density at radius 2 is 1.96 bits per heavy atom. The largest absolute Gasteiger partial charge is 0.491 e. The van der Waals surface area contributed by atoms with E-state index < -0.39 is 11.7 Å². The molecule has 0 aromatic carbocycles. The highest BCUT2D eigenvalue weighted by molar-refractivity contribution is 9.10. The number of halogens is 1. The Labute approximate surface area is 143 Å². The zero-order chi connectivity index (χ0) is 17.2. The second-order valence-corrected chi connectivity index (χ2v) is 6.16. The number of fused-ring (bicyclic) bond motifs is 1. The zero-order valence-corrected chi connectivity index (χ0v) is 15.5. The maximum Gasteiger partial charge on any atom is 0.237 e. The smallest absolute Gasteiger partial charge is 0.237 e. The van der Waals surface area contributed by atoms with Gasteiger partial charge < -0.3 is 28.3 Å². The summed E-state index contributed by atoms with van der Waals surface area (Å²) in [6.45, 7) is 0.714. The van der Waals surface area contributed by atoms with Crippen LogP contribution in [0.15, 0.2) is 15.5 Å². The summed E-state index contributed by atoms with van der Waals surface area (Å²) in [5.41, 5.74) is -0.527. The molecule has 7 nitrogen and oxygen atoms in total. The lowest BCUT2D eigenvalue weighted by atomic mass is 9.84. The van der Waals surface area contributed by atoms with Crippen LogP contribution in [0.2, 0.25) is 0 Å². The van der Waals surface area contributed by atoms with E-state index in [1.807, 2.05) is 4.57 Å². The van der Waals surface area contributed by atoms with E-state index in [2.05, 4.69) is 15.9 Å². The topological polar surface area (TPSA) is 68.2 Å². The molecule has 0 fully saturated rings. The fourth-order valence-electron chi connectivity index (χ4n) is 3.25. The molecule has 1 aromatic rings. The van der Waals surface area contributed by atoms with Gasteiger partial charge in [0.1, 0.15) is 12.2 Å². The molecule has 8 heteroatoms. The van der Waals surface area contributed by atoms with Crippen molar-refractivity contribution in [3.05, 3.63) is 26.6 Å². The Morgan fingerprint density at radius 3 is 2.43 bits per heavy atom. The van der Waals surface area contributed by atoms with Crippen molar-refractivity contribution in [1.82, 2.24) is 4.57 Å². The number of pyridine rings is 1. The van der Waals surface area contributed by atoms with Gasteiger partial charge in [-0.25, -0.2) is 0 Å². The average Bonchev–Trinajstić information content (AvgIpc) is 2.56. The molecular formula is C15H22BrNO6. The Kier molecular flexibility index (Phi) is 5.85. The Hall–Kier alpha value is -0.930. The highest BCUT2D eigenvalue weighted by Gasteiger charge is 2.53. The normalized spacial score (nSPS) is 26.9. The van der Waals surface area contributed by atoms with Gasteiger partial charge in [-0.05, 0) is 15.9 Å². The van der Waals surface area contributed by atoms with Crippen LogP contribution in [0.5, 0.6) is 5.75 Å². The fraction of sp³-hybridized carbons (Fsp3) is 0.667. The van der Waals surface area contributed by atoms with Gasteiger partial charge in [0.15, 0.2) is 11.4 Å². The molecule has 3 atom stereocenters. The summed E-state index contributed by atoms with van der Waals surface area (Å²) in [7, 11) is 7.80. The summed E-state index contributed by atoms with van der Waals surface area (Å²) in [6.07, 6.45) is 0.788. The van der Waals surface area contributed by atoms with E-state index in [0.717, 1.165) is 0 Å². The molecule has 0 N–H and O–H groups in total. The number of hydrogen-bond donors (Lipinski definition) is 0. The lowest BCUT2D eigenvalue weighted by Gasteiger charge is -2.47. The SMILES string of the molecule is COCC1(OC)C(OC)Cn2cc(Br)c(=O)c(OC)c2C1OC. The van der Waals surface area contributed by atoms with Gasteiger partial charge in [0, 0.05) is 34.6 Å². The maximum atomic E-state index is 12.4. The summed E-state index contributed by atoms with van der Waals surface area (Å²) < 4.78 is 30.2. The van der Waals surface area contributed by atoms with E-state index in [0.29, 0.717) is 16.7 Å². The summed E-state index contributed by atoms with van der Waals surface area (Å²) in [4.78, 5) is 12.4.